The first-order valence-electron chi connectivity index (χ1n) is 11.5. The van der Waals surface area contributed by atoms with E-state index in [2.05, 4.69) is 29.5 Å². The highest BCUT2D eigenvalue weighted by molar-refractivity contribution is 6.45. The van der Waals surface area contributed by atoms with Crippen molar-refractivity contribution in [3.63, 3.8) is 0 Å². The van der Waals surface area contributed by atoms with Crippen LogP contribution in [-0.2, 0) is 14.4 Å². The molecule has 1 aliphatic heterocycles. The molecule has 1 aromatic heterocycles. The summed E-state index contributed by atoms with van der Waals surface area (Å²) in [6.45, 7) is 7.11. The van der Waals surface area contributed by atoms with E-state index in [9.17, 15) is 14.4 Å². The number of likely N-dealkylation sites (tertiary alicyclic amines) is 1. The molecule has 0 radical (unpaired) electrons. The fourth-order valence-corrected chi connectivity index (χ4v) is 4.95. The molecule has 1 unspecified atom stereocenters. The maximum Gasteiger partial charge on any atom is 0.242 e. The normalized spacial score (nSPS) is 22.3. The molecule has 2 fully saturated rings. The number of aromatic nitrogens is 1. The summed E-state index contributed by atoms with van der Waals surface area (Å²) >= 11 is 0. The third-order valence-electron chi connectivity index (χ3n) is 6.62. The van der Waals surface area contributed by atoms with E-state index in [-0.39, 0.29) is 29.9 Å². The van der Waals surface area contributed by atoms with Crippen LogP contribution in [0.2, 0.25) is 0 Å². The summed E-state index contributed by atoms with van der Waals surface area (Å²) in [5.74, 6) is -0.107. The molecule has 0 bridgehead atoms. The molecule has 2 heterocycles. The van der Waals surface area contributed by atoms with Crippen molar-refractivity contribution in [3.05, 3.63) is 24.0 Å². The van der Waals surface area contributed by atoms with Crippen LogP contribution in [0.15, 0.2) is 18.5 Å². The Morgan fingerprint density at radius 1 is 1.25 bits per heavy atom. The highest BCUT2D eigenvalue weighted by Gasteiger charge is 2.35. The van der Waals surface area contributed by atoms with Crippen LogP contribution in [0.5, 0.6) is 0 Å². The molecule has 32 heavy (non-hydrogen) atoms. The number of hydrogen-bond acceptors (Lipinski definition) is 6. The quantitative estimate of drug-likeness (QED) is 0.537. The Bertz CT molecular complexity index is 882. The number of nitrogens with zero attached hydrogens (tertiary/aromatic N) is 2. The van der Waals surface area contributed by atoms with E-state index >= 15 is 0 Å². The Kier molecular flexibility index (Phi) is 7.64. The summed E-state index contributed by atoms with van der Waals surface area (Å²) in [7, 11) is 0. The molecule has 1 saturated heterocycles. The van der Waals surface area contributed by atoms with E-state index in [4.69, 9.17) is 5.41 Å². The van der Waals surface area contributed by atoms with Crippen LogP contribution in [0, 0.1) is 16.7 Å². The lowest BCUT2D eigenvalue weighted by atomic mass is 9.72. The molecule has 1 aromatic rings. The van der Waals surface area contributed by atoms with Gasteiger partial charge in [0.05, 0.1) is 18.4 Å². The summed E-state index contributed by atoms with van der Waals surface area (Å²) in [4.78, 5) is 43.0. The molecule has 2 atom stereocenters. The van der Waals surface area contributed by atoms with Gasteiger partial charge in [-0.2, -0.15) is 0 Å². The highest BCUT2D eigenvalue weighted by atomic mass is 16.2. The van der Waals surface area contributed by atoms with Crippen molar-refractivity contribution >= 4 is 29.0 Å². The van der Waals surface area contributed by atoms with Gasteiger partial charge in [-0.05, 0) is 49.5 Å². The number of amides is 2. The summed E-state index contributed by atoms with van der Waals surface area (Å²) < 4.78 is 0. The van der Waals surface area contributed by atoms with Crippen LogP contribution in [-0.4, -0.2) is 58.9 Å². The molecular formula is C24H35N5O3. The number of nitrogens with one attached hydrogen (secondary N) is 3. The maximum atomic E-state index is 12.9. The molecule has 0 spiro atoms. The standard InChI is InChI=1S/C24H35N5O3/c1-16(30)22(25)18-8-10-26-14-19(18)27-15-21(31)29-11-5-7-20(29)23(32)28-13-17-6-4-9-24(2,3)12-17/h8,10,14,17,20,25,27H,4-7,9,11-13,15H2,1-3H3,(H,28,32)/t17?,20-/m0/s1. The lowest BCUT2D eigenvalue weighted by Crippen LogP contribution is -2.48. The Balaban J connectivity index is 1.55. The Morgan fingerprint density at radius 2 is 2.03 bits per heavy atom. The molecule has 3 N–H and O–H groups in total. The van der Waals surface area contributed by atoms with Gasteiger partial charge in [-0.1, -0.05) is 20.3 Å². The van der Waals surface area contributed by atoms with Crippen molar-refractivity contribution in [3.8, 4) is 0 Å². The minimum Gasteiger partial charge on any atom is -0.374 e. The molecule has 3 rings (SSSR count). The van der Waals surface area contributed by atoms with Crippen LogP contribution in [0.25, 0.3) is 0 Å². The third-order valence-corrected chi connectivity index (χ3v) is 6.62. The fourth-order valence-electron chi connectivity index (χ4n) is 4.95. The number of carbonyl (C=O) groups excluding carboxylic acids is 3. The number of pyridine rings is 1. The maximum absolute atomic E-state index is 12.9. The smallest absolute Gasteiger partial charge is 0.242 e. The lowest BCUT2D eigenvalue weighted by molar-refractivity contribution is -0.137. The summed E-state index contributed by atoms with van der Waals surface area (Å²) in [5.41, 5.74) is 1.07. The molecule has 2 amide bonds. The number of hydrogen-bond donors (Lipinski definition) is 3. The number of Topliss-reactive ketones (excluding diaryl/α,β-unsaturated/α-hetero) is 1. The van der Waals surface area contributed by atoms with E-state index < -0.39 is 6.04 Å². The van der Waals surface area contributed by atoms with Crippen LogP contribution in [0.4, 0.5) is 5.69 Å². The van der Waals surface area contributed by atoms with E-state index in [1.54, 1.807) is 11.0 Å². The Labute approximate surface area is 190 Å². The average Bonchev–Trinajstić information content (AvgIpc) is 3.25. The van der Waals surface area contributed by atoms with E-state index in [1.807, 2.05) is 0 Å². The van der Waals surface area contributed by atoms with Crippen LogP contribution >= 0.6 is 0 Å². The van der Waals surface area contributed by atoms with Crippen LogP contribution < -0.4 is 10.6 Å². The number of ketones is 1. The van der Waals surface area contributed by atoms with Crippen molar-refractivity contribution in [2.24, 2.45) is 11.3 Å². The van der Waals surface area contributed by atoms with Gasteiger partial charge in [0.25, 0.3) is 0 Å². The second kappa shape index (κ2) is 10.2. The third kappa shape index (κ3) is 5.93. The van der Waals surface area contributed by atoms with Crippen molar-refractivity contribution in [2.45, 2.75) is 65.3 Å². The zero-order valence-corrected chi connectivity index (χ0v) is 19.4. The first kappa shape index (κ1) is 23.9. The first-order chi connectivity index (χ1) is 15.2. The summed E-state index contributed by atoms with van der Waals surface area (Å²) in [6.07, 6.45) is 9.17. The van der Waals surface area contributed by atoms with Gasteiger partial charge < -0.3 is 15.5 Å². The fraction of sp³-hybridized carbons (Fsp3) is 0.625. The minimum absolute atomic E-state index is 0.0233. The lowest BCUT2D eigenvalue weighted by Gasteiger charge is -2.35. The van der Waals surface area contributed by atoms with Gasteiger partial charge in [-0.3, -0.25) is 24.8 Å². The van der Waals surface area contributed by atoms with E-state index in [0.29, 0.717) is 42.1 Å². The first-order valence-corrected chi connectivity index (χ1v) is 11.5. The molecule has 1 saturated carbocycles. The number of rotatable bonds is 8. The molecule has 8 nitrogen and oxygen atoms in total. The average molecular weight is 442 g/mol. The van der Waals surface area contributed by atoms with Gasteiger partial charge in [0, 0.05) is 31.8 Å². The van der Waals surface area contributed by atoms with Gasteiger partial charge in [0.1, 0.15) is 11.8 Å². The predicted octanol–water partition coefficient (Wildman–Crippen LogP) is 2.77. The summed E-state index contributed by atoms with van der Waals surface area (Å²) in [5, 5.41) is 14.1. The largest absolute Gasteiger partial charge is 0.374 e. The second-order valence-electron chi connectivity index (χ2n) is 9.82. The zero-order valence-electron chi connectivity index (χ0n) is 19.4. The topological polar surface area (TPSA) is 115 Å². The van der Waals surface area contributed by atoms with Crippen molar-refractivity contribution in [2.75, 3.05) is 25.0 Å². The Hall–Kier alpha value is -2.77. The molecular weight excluding hydrogens is 406 g/mol. The van der Waals surface area contributed by atoms with Crippen molar-refractivity contribution < 1.29 is 14.4 Å². The number of anilines is 1. The predicted molar refractivity (Wildman–Crippen MR) is 124 cm³/mol. The van der Waals surface area contributed by atoms with Crippen molar-refractivity contribution in [1.82, 2.24) is 15.2 Å². The monoisotopic (exact) mass is 441 g/mol. The second-order valence-corrected chi connectivity index (χ2v) is 9.82. The Morgan fingerprint density at radius 3 is 2.75 bits per heavy atom. The van der Waals surface area contributed by atoms with Crippen LogP contribution in [0.3, 0.4) is 0 Å². The number of carbonyl (C=O) groups is 3. The van der Waals surface area contributed by atoms with Crippen molar-refractivity contribution in [1.29, 1.82) is 5.41 Å². The summed E-state index contributed by atoms with van der Waals surface area (Å²) in [6, 6.07) is 1.14. The van der Waals surface area contributed by atoms with Crippen LogP contribution in [0.1, 0.15) is 64.9 Å². The van der Waals surface area contributed by atoms with E-state index in [0.717, 1.165) is 19.3 Å². The van der Waals surface area contributed by atoms with Gasteiger partial charge in [0.2, 0.25) is 11.8 Å². The van der Waals surface area contributed by atoms with Gasteiger partial charge in [0.15, 0.2) is 5.78 Å². The van der Waals surface area contributed by atoms with Gasteiger partial charge in [-0.25, -0.2) is 0 Å². The molecule has 1 aliphatic carbocycles. The van der Waals surface area contributed by atoms with Gasteiger partial charge >= 0.3 is 0 Å². The minimum atomic E-state index is -0.440. The highest BCUT2D eigenvalue weighted by Crippen LogP contribution is 2.38. The van der Waals surface area contributed by atoms with E-state index in [1.165, 1.54) is 32.2 Å². The molecule has 0 aromatic carbocycles. The SMILES string of the molecule is CC(=O)C(=N)c1ccncc1NCC(=O)N1CCC[C@H]1C(=O)NCC1CCCC(C)(C)C1. The zero-order chi connectivity index (χ0) is 23.3. The molecule has 2 aliphatic rings. The molecule has 174 valence electrons. The molecule has 8 heteroatoms. The van der Waals surface area contributed by atoms with Gasteiger partial charge in [-0.15, -0.1) is 0 Å².